The zero-order valence-electron chi connectivity index (χ0n) is 30.9. The molecule has 0 fully saturated rings. The topological polar surface area (TPSA) is 55.8 Å². The van der Waals surface area contributed by atoms with E-state index in [-0.39, 0.29) is 12.6 Å². The van der Waals surface area contributed by atoms with Crippen LogP contribution in [0.3, 0.4) is 0 Å². The minimum atomic E-state index is -0.524. The lowest BCUT2D eigenvalue weighted by atomic mass is 10.0. The standard InChI is InChI=1S/C41H82O4/c1-3-5-7-9-11-13-15-17-19-20-21-22-23-25-27-29-31-33-35-37-44-39-40(38-42)45-41(43)36-34-32-30-28-26-24-18-16-14-12-10-8-6-4-2/h40,42H,3-39H2,1-2H3. The largest absolute Gasteiger partial charge is 0.457 e. The number of aliphatic hydroxyl groups excluding tert-OH is 1. The molecule has 4 nitrogen and oxygen atoms in total. The fraction of sp³-hybridized carbons (Fsp3) is 0.976. The summed E-state index contributed by atoms with van der Waals surface area (Å²) in [7, 11) is 0. The molecular weight excluding hydrogens is 556 g/mol. The summed E-state index contributed by atoms with van der Waals surface area (Å²) in [6, 6.07) is 0. The number of hydrogen-bond donors (Lipinski definition) is 1. The van der Waals surface area contributed by atoms with Gasteiger partial charge in [0.25, 0.3) is 0 Å². The van der Waals surface area contributed by atoms with Gasteiger partial charge in [0.1, 0.15) is 6.10 Å². The summed E-state index contributed by atoms with van der Waals surface area (Å²) >= 11 is 0. The highest BCUT2D eigenvalue weighted by atomic mass is 16.6. The molecule has 4 heteroatoms. The molecule has 0 aromatic carbocycles. The van der Waals surface area contributed by atoms with E-state index in [1.807, 2.05) is 0 Å². The number of ether oxygens (including phenoxy) is 2. The first-order valence-corrected chi connectivity index (χ1v) is 20.6. The van der Waals surface area contributed by atoms with Crippen LogP contribution in [0, 0.1) is 0 Å². The van der Waals surface area contributed by atoms with E-state index in [2.05, 4.69) is 13.8 Å². The number of esters is 1. The summed E-state index contributed by atoms with van der Waals surface area (Å²) in [5.74, 6) is -0.194. The van der Waals surface area contributed by atoms with Crippen molar-refractivity contribution in [1.29, 1.82) is 0 Å². The first-order valence-electron chi connectivity index (χ1n) is 20.6. The zero-order chi connectivity index (χ0) is 32.7. The van der Waals surface area contributed by atoms with Crippen molar-refractivity contribution in [2.24, 2.45) is 0 Å². The maximum absolute atomic E-state index is 12.2. The number of carbonyl (C=O) groups is 1. The third-order valence-corrected chi connectivity index (χ3v) is 9.43. The molecule has 1 atom stereocenters. The molecule has 1 N–H and O–H groups in total. The number of carbonyl (C=O) groups excluding carboxylic acids is 1. The molecule has 0 rings (SSSR count). The van der Waals surface area contributed by atoms with Crippen LogP contribution in [0.15, 0.2) is 0 Å². The van der Waals surface area contributed by atoms with Crippen LogP contribution < -0.4 is 0 Å². The van der Waals surface area contributed by atoms with Gasteiger partial charge in [0.05, 0.1) is 13.2 Å². The van der Waals surface area contributed by atoms with Crippen molar-refractivity contribution >= 4 is 5.97 Å². The quantitative estimate of drug-likeness (QED) is 0.0537. The number of rotatable bonds is 39. The summed E-state index contributed by atoms with van der Waals surface area (Å²) in [6.07, 6.45) is 44.4. The van der Waals surface area contributed by atoms with E-state index in [0.717, 1.165) is 19.3 Å². The molecule has 0 bridgehead atoms. The van der Waals surface area contributed by atoms with Gasteiger partial charge in [-0.1, -0.05) is 213 Å². The van der Waals surface area contributed by atoms with Crippen molar-refractivity contribution in [3.8, 4) is 0 Å². The Balaban J connectivity index is 3.35. The van der Waals surface area contributed by atoms with Gasteiger partial charge in [0, 0.05) is 13.0 Å². The van der Waals surface area contributed by atoms with Gasteiger partial charge in [0.2, 0.25) is 0 Å². The molecule has 270 valence electrons. The van der Waals surface area contributed by atoms with Gasteiger partial charge in [-0.3, -0.25) is 4.79 Å². The van der Waals surface area contributed by atoms with Crippen LogP contribution in [0.4, 0.5) is 0 Å². The summed E-state index contributed by atoms with van der Waals surface area (Å²) in [4.78, 5) is 12.2. The molecule has 0 aliphatic carbocycles. The van der Waals surface area contributed by atoms with E-state index in [4.69, 9.17) is 9.47 Å². The maximum atomic E-state index is 12.2. The summed E-state index contributed by atoms with van der Waals surface area (Å²) in [6.45, 7) is 5.40. The van der Waals surface area contributed by atoms with E-state index in [1.165, 1.54) is 193 Å². The third kappa shape index (κ3) is 37.7. The molecule has 0 aromatic heterocycles. The van der Waals surface area contributed by atoms with Gasteiger partial charge >= 0.3 is 5.97 Å². The molecule has 0 spiro atoms. The van der Waals surface area contributed by atoms with Gasteiger partial charge in [-0.05, 0) is 12.8 Å². The number of aliphatic hydroxyl groups is 1. The fourth-order valence-corrected chi connectivity index (χ4v) is 6.33. The highest BCUT2D eigenvalue weighted by Crippen LogP contribution is 2.16. The molecule has 45 heavy (non-hydrogen) atoms. The first-order chi connectivity index (χ1) is 22.2. The van der Waals surface area contributed by atoms with Crippen LogP contribution in [0.5, 0.6) is 0 Å². The van der Waals surface area contributed by atoms with Crippen molar-refractivity contribution in [1.82, 2.24) is 0 Å². The van der Waals surface area contributed by atoms with E-state index >= 15 is 0 Å². The molecule has 0 radical (unpaired) electrons. The molecule has 0 heterocycles. The summed E-state index contributed by atoms with van der Waals surface area (Å²) < 4.78 is 11.2. The highest BCUT2D eigenvalue weighted by molar-refractivity contribution is 5.69. The van der Waals surface area contributed by atoms with Crippen LogP contribution >= 0.6 is 0 Å². The van der Waals surface area contributed by atoms with Crippen molar-refractivity contribution in [2.75, 3.05) is 19.8 Å². The van der Waals surface area contributed by atoms with Crippen LogP contribution in [0.1, 0.15) is 232 Å². The predicted octanol–water partition coefficient (Wildman–Crippen LogP) is 13.2. The molecule has 0 aliphatic heterocycles. The second kappa shape index (κ2) is 39.6. The minimum absolute atomic E-state index is 0.163. The lowest BCUT2D eigenvalue weighted by Gasteiger charge is -2.16. The van der Waals surface area contributed by atoms with E-state index in [1.54, 1.807) is 0 Å². The lowest BCUT2D eigenvalue weighted by Crippen LogP contribution is -2.27. The first kappa shape index (κ1) is 44.4. The van der Waals surface area contributed by atoms with Gasteiger partial charge in [-0.25, -0.2) is 0 Å². The Bertz CT molecular complexity index is 552. The summed E-state index contributed by atoms with van der Waals surface area (Å²) in [5.41, 5.74) is 0. The monoisotopic (exact) mass is 639 g/mol. The molecule has 0 saturated carbocycles. The van der Waals surface area contributed by atoms with Gasteiger partial charge in [0.15, 0.2) is 0 Å². The Morgan fingerprint density at radius 2 is 0.733 bits per heavy atom. The maximum Gasteiger partial charge on any atom is 0.306 e. The lowest BCUT2D eigenvalue weighted by molar-refractivity contribution is -0.154. The van der Waals surface area contributed by atoms with Crippen molar-refractivity contribution < 1.29 is 19.4 Å². The van der Waals surface area contributed by atoms with Crippen molar-refractivity contribution in [3.63, 3.8) is 0 Å². The molecule has 0 aliphatic rings. The number of hydrogen-bond acceptors (Lipinski definition) is 4. The molecule has 1 unspecified atom stereocenters. The van der Waals surface area contributed by atoms with E-state index in [9.17, 15) is 9.90 Å². The number of unbranched alkanes of at least 4 members (excludes halogenated alkanes) is 31. The van der Waals surface area contributed by atoms with Crippen molar-refractivity contribution in [2.45, 2.75) is 238 Å². The van der Waals surface area contributed by atoms with Crippen LogP contribution in [0.25, 0.3) is 0 Å². The SMILES string of the molecule is CCCCCCCCCCCCCCCCCCCCCOCC(CO)OC(=O)CCCCCCCCCCCCCCCC. The molecule has 0 aromatic rings. The average molecular weight is 639 g/mol. The molecular formula is C41H82O4. The van der Waals surface area contributed by atoms with E-state index < -0.39 is 6.10 Å². The Kier molecular flexibility index (Phi) is 39.0. The highest BCUT2D eigenvalue weighted by Gasteiger charge is 2.13. The van der Waals surface area contributed by atoms with Crippen LogP contribution in [0.2, 0.25) is 0 Å². The average Bonchev–Trinajstić information content (AvgIpc) is 3.05. The second-order valence-corrected chi connectivity index (χ2v) is 14.1. The fourth-order valence-electron chi connectivity index (χ4n) is 6.33. The van der Waals surface area contributed by atoms with Gasteiger partial charge in [-0.15, -0.1) is 0 Å². The summed E-state index contributed by atoms with van der Waals surface area (Å²) in [5, 5.41) is 9.58. The van der Waals surface area contributed by atoms with Crippen LogP contribution in [-0.2, 0) is 14.3 Å². The molecule has 0 saturated heterocycles. The zero-order valence-corrected chi connectivity index (χ0v) is 30.9. The van der Waals surface area contributed by atoms with Gasteiger partial charge < -0.3 is 14.6 Å². The molecule has 0 amide bonds. The second-order valence-electron chi connectivity index (χ2n) is 14.1. The Hall–Kier alpha value is -0.610. The third-order valence-electron chi connectivity index (χ3n) is 9.43. The Morgan fingerprint density at radius 3 is 1.04 bits per heavy atom. The Morgan fingerprint density at radius 1 is 0.444 bits per heavy atom. The Labute approximate surface area is 283 Å². The minimum Gasteiger partial charge on any atom is -0.457 e. The van der Waals surface area contributed by atoms with E-state index in [0.29, 0.717) is 19.6 Å². The van der Waals surface area contributed by atoms with Gasteiger partial charge in [-0.2, -0.15) is 0 Å². The predicted molar refractivity (Wildman–Crippen MR) is 196 cm³/mol. The normalized spacial score (nSPS) is 12.2. The van der Waals surface area contributed by atoms with Crippen molar-refractivity contribution in [3.05, 3.63) is 0 Å². The smallest absolute Gasteiger partial charge is 0.306 e. The van der Waals surface area contributed by atoms with Crippen LogP contribution in [-0.4, -0.2) is 37.0 Å².